The van der Waals surface area contributed by atoms with Gasteiger partial charge >= 0.3 is 0 Å². The Morgan fingerprint density at radius 1 is 1.43 bits per heavy atom. The van der Waals surface area contributed by atoms with Crippen LogP contribution in [0.3, 0.4) is 0 Å². The lowest BCUT2D eigenvalue weighted by atomic mass is 10.0. The fourth-order valence-corrected chi connectivity index (χ4v) is 3.82. The summed E-state index contributed by atoms with van der Waals surface area (Å²) < 4.78 is 12.7. The summed E-state index contributed by atoms with van der Waals surface area (Å²) in [5, 5.41) is 9.85. The topological polar surface area (TPSA) is 37.3 Å². The molecule has 0 saturated carbocycles. The SMILES string of the molecule is C=C/C=C(\C=C/C)S(=O)c1ccc2c(c1)CCCC(O)C2. The third kappa shape index (κ3) is 4.02. The van der Waals surface area contributed by atoms with Gasteiger partial charge in [0.15, 0.2) is 0 Å². The molecule has 2 rings (SSSR count). The molecule has 1 aliphatic carbocycles. The largest absolute Gasteiger partial charge is 0.393 e. The van der Waals surface area contributed by atoms with Crippen LogP contribution in [0, 0.1) is 0 Å². The number of aryl methyl sites for hydroxylation is 1. The van der Waals surface area contributed by atoms with E-state index in [2.05, 4.69) is 6.58 Å². The Morgan fingerprint density at radius 2 is 2.24 bits per heavy atom. The van der Waals surface area contributed by atoms with Crippen LogP contribution in [0.25, 0.3) is 0 Å². The van der Waals surface area contributed by atoms with Crippen molar-refractivity contribution in [2.75, 3.05) is 0 Å². The van der Waals surface area contributed by atoms with Gasteiger partial charge in [-0.25, -0.2) is 4.21 Å². The Hall–Kier alpha value is -1.45. The first-order valence-corrected chi connectivity index (χ1v) is 8.47. The molecule has 2 atom stereocenters. The third-order valence-corrected chi connectivity index (χ3v) is 5.04. The van der Waals surface area contributed by atoms with Gasteiger partial charge in [0.2, 0.25) is 0 Å². The maximum Gasteiger partial charge on any atom is 0.0849 e. The van der Waals surface area contributed by atoms with Crippen LogP contribution >= 0.6 is 0 Å². The van der Waals surface area contributed by atoms with Crippen molar-refractivity contribution in [2.24, 2.45) is 0 Å². The molecule has 0 aliphatic heterocycles. The van der Waals surface area contributed by atoms with Gasteiger partial charge in [-0.1, -0.05) is 24.8 Å². The summed E-state index contributed by atoms with van der Waals surface area (Å²) in [6.45, 7) is 5.59. The van der Waals surface area contributed by atoms with Crippen LogP contribution in [0.2, 0.25) is 0 Å². The number of aliphatic hydroxyl groups excluding tert-OH is 1. The van der Waals surface area contributed by atoms with Gasteiger partial charge in [-0.2, -0.15) is 0 Å². The molecule has 0 saturated heterocycles. The Morgan fingerprint density at radius 3 is 2.95 bits per heavy atom. The normalized spacial score (nSPS) is 20.9. The zero-order valence-electron chi connectivity index (χ0n) is 12.4. The first kappa shape index (κ1) is 15.9. The summed E-state index contributed by atoms with van der Waals surface area (Å²) in [5.74, 6) is 0. The standard InChI is InChI=1S/C18H22O2S/c1-3-6-17(7-4-2)21(20)18-11-10-15-12-16(19)9-5-8-14(15)13-18/h3-4,6-7,10-11,13,16,19H,1,5,8-9,12H2,2H3/b7-4-,17-6+. The number of hydrogen-bond donors (Lipinski definition) is 1. The second-order valence-electron chi connectivity index (χ2n) is 5.25. The van der Waals surface area contributed by atoms with Gasteiger partial charge in [0, 0.05) is 9.80 Å². The van der Waals surface area contributed by atoms with E-state index in [0.29, 0.717) is 6.42 Å². The Labute approximate surface area is 129 Å². The molecule has 1 aromatic carbocycles. The zero-order valence-corrected chi connectivity index (χ0v) is 13.2. The predicted molar refractivity (Wildman–Crippen MR) is 88.6 cm³/mol. The van der Waals surface area contributed by atoms with Crippen LogP contribution < -0.4 is 0 Å². The molecular formula is C18H22O2S. The van der Waals surface area contributed by atoms with Gasteiger partial charge < -0.3 is 5.11 Å². The number of allylic oxidation sites excluding steroid dienone is 4. The Kier molecular flexibility index (Phi) is 5.71. The second-order valence-corrected chi connectivity index (χ2v) is 6.73. The molecular weight excluding hydrogens is 280 g/mol. The van der Waals surface area contributed by atoms with Gasteiger partial charge in [-0.3, -0.25) is 0 Å². The van der Waals surface area contributed by atoms with E-state index in [1.807, 2.05) is 37.3 Å². The molecule has 0 fully saturated rings. The van der Waals surface area contributed by atoms with Crippen LogP contribution in [-0.4, -0.2) is 15.4 Å². The quantitative estimate of drug-likeness (QED) is 0.680. The minimum absolute atomic E-state index is 0.248. The van der Waals surface area contributed by atoms with E-state index in [0.717, 1.165) is 29.1 Å². The molecule has 21 heavy (non-hydrogen) atoms. The lowest BCUT2D eigenvalue weighted by Gasteiger charge is -2.10. The van der Waals surface area contributed by atoms with Crippen molar-refractivity contribution in [3.05, 3.63) is 65.1 Å². The molecule has 2 nitrogen and oxygen atoms in total. The van der Waals surface area contributed by atoms with Gasteiger partial charge in [0.05, 0.1) is 16.9 Å². The maximum absolute atomic E-state index is 12.7. The maximum atomic E-state index is 12.7. The van der Waals surface area contributed by atoms with Crippen LogP contribution in [0.15, 0.2) is 58.9 Å². The molecule has 1 N–H and O–H groups in total. The van der Waals surface area contributed by atoms with Gasteiger partial charge in [0.25, 0.3) is 0 Å². The van der Waals surface area contributed by atoms with Crippen molar-refractivity contribution in [1.82, 2.24) is 0 Å². The highest BCUT2D eigenvalue weighted by molar-refractivity contribution is 7.89. The van der Waals surface area contributed by atoms with Crippen molar-refractivity contribution in [2.45, 2.75) is 43.6 Å². The van der Waals surface area contributed by atoms with Crippen molar-refractivity contribution in [3.63, 3.8) is 0 Å². The third-order valence-electron chi connectivity index (χ3n) is 3.66. The highest BCUT2D eigenvalue weighted by Gasteiger charge is 2.16. The number of rotatable bonds is 4. The van der Waals surface area contributed by atoms with E-state index in [-0.39, 0.29) is 6.10 Å². The number of aliphatic hydroxyl groups is 1. The van der Waals surface area contributed by atoms with Gasteiger partial charge in [-0.15, -0.1) is 0 Å². The van der Waals surface area contributed by atoms with Crippen molar-refractivity contribution in [3.8, 4) is 0 Å². The highest BCUT2D eigenvalue weighted by atomic mass is 32.2. The molecule has 1 aliphatic rings. The number of benzene rings is 1. The van der Waals surface area contributed by atoms with Crippen LogP contribution in [-0.2, 0) is 23.6 Å². The summed E-state index contributed by atoms with van der Waals surface area (Å²) in [7, 11) is -1.19. The van der Waals surface area contributed by atoms with Crippen LogP contribution in [0.1, 0.15) is 30.9 Å². The molecule has 0 aromatic heterocycles. The van der Waals surface area contributed by atoms with E-state index in [9.17, 15) is 9.32 Å². The predicted octanol–water partition coefficient (Wildman–Crippen LogP) is 3.68. The van der Waals surface area contributed by atoms with Gasteiger partial charge in [-0.05, 0) is 68.0 Å². The van der Waals surface area contributed by atoms with E-state index in [1.54, 1.807) is 12.2 Å². The van der Waals surface area contributed by atoms with Gasteiger partial charge in [0.1, 0.15) is 0 Å². The average molecular weight is 302 g/mol. The second kappa shape index (κ2) is 7.53. The zero-order chi connectivity index (χ0) is 15.2. The smallest absolute Gasteiger partial charge is 0.0849 e. The number of fused-ring (bicyclic) bond motifs is 1. The van der Waals surface area contributed by atoms with E-state index in [1.165, 1.54) is 11.1 Å². The summed E-state index contributed by atoms with van der Waals surface area (Å²) >= 11 is 0. The van der Waals surface area contributed by atoms with Crippen molar-refractivity contribution >= 4 is 10.8 Å². The first-order chi connectivity index (χ1) is 10.2. The highest BCUT2D eigenvalue weighted by Crippen LogP contribution is 2.25. The minimum Gasteiger partial charge on any atom is -0.393 e. The van der Waals surface area contributed by atoms with E-state index < -0.39 is 10.8 Å². The summed E-state index contributed by atoms with van der Waals surface area (Å²) in [5.41, 5.74) is 2.40. The average Bonchev–Trinajstić information content (AvgIpc) is 2.66. The molecule has 0 heterocycles. The summed E-state index contributed by atoms with van der Waals surface area (Å²) in [6, 6.07) is 5.95. The molecule has 3 heteroatoms. The van der Waals surface area contributed by atoms with E-state index >= 15 is 0 Å². The fraction of sp³-hybridized carbons (Fsp3) is 0.333. The molecule has 0 amide bonds. The molecule has 0 spiro atoms. The monoisotopic (exact) mass is 302 g/mol. The minimum atomic E-state index is -1.19. The van der Waals surface area contributed by atoms with E-state index in [4.69, 9.17) is 0 Å². The number of hydrogen-bond acceptors (Lipinski definition) is 2. The van der Waals surface area contributed by atoms with Crippen molar-refractivity contribution in [1.29, 1.82) is 0 Å². The molecule has 1 aromatic rings. The van der Waals surface area contributed by atoms with Crippen LogP contribution in [0.5, 0.6) is 0 Å². The summed E-state index contributed by atoms with van der Waals surface area (Å²) in [6.07, 6.45) is 10.4. The molecule has 0 bridgehead atoms. The lowest BCUT2D eigenvalue weighted by molar-refractivity contribution is 0.165. The first-order valence-electron chi connectivity index (χ1n) is 7.32. The Balaban J connectivity index is 2.33. The summed E-state index contributed by atoms with van der Waals surface area (Å²) in [4.78, 5) is 1.57. The molecule has 2 unspecified atom stereocenters. The lowest BCUT2D eigenvalue weighted by Crippen LogP contribution is -2.08. The molecule has 112 valence electrons. The Bertz CT molecular complexity index is 599. The fourth-order valence-electron chi connectivity index (χ4n) is 2.63. The van der Waals surface area contributed by atoms with Crippen molar-refractivity contribution < 1.29 is 9.32 Å². The molecule has 0 radical (unpaired) electrons. The van der Waals surface area contributed by atoms with Crippen LogP contribution in [0.4, 0.5) is 0 Å².